The molecule has 1 aromatic rings. The first-order valence-corrected chi connectivity index (χ1v) is 16.7. The highest BCUT2D eigenvalue weighted by atomic mass is 16.4. The summed E-state index contributed by atoms with van der Waals surface area (Å²) in [6.07, 6.45) is 0.901. The number of guanidine groups is 2. The zero-order valence-corrected chi connectivity index (χ0v) is 29.7. The Morgan fingerprint density at radius 2 is 1.17 bits per heavy atom. The number of benzene rings is 1. The van der Waals surface area contributed by atoms with Crippen molar-refractivity contribution in [1.82, 2.24) is 26.6 Å². The third-order valence-corrected chi connectivity index (χ3v) is 7.59. The number of nitrogens with two attached hydrogens (primary N) is 5. The Kier molecular flexibility index (Phi) is 19.7. The summed E-state index contributed by atoms with van der Waals surface area (Å²) in [6.45, 7) is 4.01. The average Bonchev–Trinajstić information content (AvgIpc) is 3.08. The number of hydrogen-bond acceptors (Lipinski definition) is 10. The fourth-order valence-electron chi connectivity index (χ4n) is 4.65. The van der Waals surface area contributed by atoms with Crippen LogP contribution in [-0.2, 0) is 35.2 Å². The first-order valence-electron chi connectivity index (χ1n) is 16.7. The molecule has 0 heterocycles. The molecule has 290 valence electrons. The zero-order valence-electron chi connectivity index (χ0n) is 29.7. The molecule has 5 amide bonds. The average molecular weight is 735 g/mol. The van der Waals surface area contributed by atoms with Crippen LogP contribution in [-0.4, -0.2) is 114 Å². The highest BCUT2D eigenvalue weighted by Gasteiger charge is 2.33. The van der Waals surface area contributed by atoms with Gasteiger partial charge in [0, 0.05) is 19.5 Å². The minimum atomic E-state index is -1.57. The predicted molar refractivity (Wildman–Crippen MR) is 193 cm³/mol. The van der Waals surface area contributed by atoms with Crippen molar-refractivity contribution >= 4 is 47.4 Å². The smallest absolute Gasteiger partial charge is 0.325 e. The summed E-state index contributed by atoms with van der Waals surface area (Å²) in [7, 11) is 0. The van der Waals surface area contributed by atoms with E-state index in [1.807, 2.05) is 0 Å². The second-order valence-corrected chi connectivity index (χ2v) is 12.4. The van der Waals surface area contributed by atoms with E-state index in [9.17, 15) is 39.0 Å². The zero-order chi connectivity index (χ0) is 39.4. The number of aliphatic hydroxyl groups excluding tert-OH is 1. The van der Waals surface area contributed by atoms with Gasteiger partial charge in [-0.2, -0.15) is 0 Å². The maximum Gasteiger partial charge on any atom is 0.325 e. The Labute approximate surface area is 302 Å². The quantitative estimate of drug-likeness (QED) is 0.0289. The van der Waals surface area contributed by atoms with E-state index in [1.165, 1.54) is 6.92 Å². The lowest BCUT2D eigenvalue weighted by molar-refractivity contribution is -0.141. The molecule has 0 aliphatic carbocycles. The lowest BCUT2D eigenvalue weighted by Crippen LogP contribution is -2.61. The van der Waals surface area contributed by atoms with Gasteiger partial charge in [-0.15, -0.1) is 0 Å². The summed E-state index contributed by atoms with van der Waals surface area (Å²) in [4.78, 5) is 85.2. The van der Waals surface area contributed by atoms with Gasteiger partial charge < -0.3 is 65.5 Å². The van der Waals surface area contributed by atoms with Crippen molar-refractivity contribution in [3.63, 3.8) is 0 Å². The number of aliphatic imine (C=N–C) groups is 2. The first-order chi connectivity index (χ1) is 24.5. The van der Waals surface area contributed by atoms with E-state index in [4.69, 9.17) is 28.7 Å². The third-order valence-electron chi connectivity index (χ3n) is 7.59. The van der Waals surface area contributed by atoms with Crippen LogP contribution >= 0.6 is 0 Å². The maximum absolute atomic E-state index is 13.5. The van der Waals surface area contributed by atoms with Crippen molar-refractivity contribution in [3.05, 3.63) is 35.9 Å². The SMILES string of the molecule is CC(NC(=O)C(Cc1ccccc1)NC(=O)C(CO)NC(=O)C(NC(=O)C(CCCN=C(N)N)NC(=O)C(N)CCCN=C(N)N)C(C)C)C(=O)O. The number of rotatable bonds is 23. The van der Waals surface area contributed by atoms with Gasteiger partial charge in [0.25, 0.3) is 0 Å². The van der Waals surface area contributed by atoms with E-state index < -0.39 is 84.3 Å². The third kappa shape index (κ3) is 16.9. The van der Waals surface area contributed by atoms with Gasteiger partial charge in [0.15, 0.2) is 11.9 Å². The molecule has 0 bridgehead atoms. The first kappa shape index (κ1) is 44.5. The molecule has 0 saturated heterocycles. The van der Waals surface area contributed by atoms with E-state index >= 15 is 0 Å². The summed E-state index contributed by atoms with van der Waals surface area (Å²) < 4.78 is 0. The molecule has 20 heteroatoms. The summed E-state index contributed by atoms with van der Waals surface area (Å²) in [5, 5.41) is 31.7. The molecule has 0 saturated carbocycles. The number of aliphatic hydroxyl groups is 1. The Bertz CT molecular complexity index is 1400. The van der Waals surface area contributed by atoms with Crippen molar-refractivity contribution in [1.29, 1.82) is 0 Å². The van der Waals surface area contributed by atoms with Gasteiger partial charge in [-0.05, 0) is 44.1 Å². The molecule has 0 radical (unpaired) electrons. The molecule has 6 atom stereocenters. The number of carbonyl (C=O) groups excluding carboxylic acids is 5. The lowest BCUT2D eigenvalue weighted by atomic mass is 10.0. The number of aliphatic carboxylic acids is 1. The number of carbonyl (C=O) groups is 6. The molecule has 6 unspecified atom stereocenters. The number of carboxylic acids is 1. The number of carboxylic acid groups (broad SMARTS) is 1. The summed E-state index contributed by atoms with van der Waals surface area (Å²) in [5.41, 5.74) is 28.0. The van der Waals surface area contributed by atoms with Gasteiger partial charge >= 0.3 is 5.97 Å². The molecule has 0 aliphatic rings. The van der Waals surface area contributed by atoms with Crippen LogP contribution < -0.4 is 55.3 Å². The Morgan fingerprint density at radius 1 is 0.673 bits per heavy atom. The van der Waals surface area contributed by atoms with E-state index in [1.54, 1.807) is 44.2 Å². The largest absolute Gasteiger partial charge is 0.480 e. The molecule has 52 heavy (non-hydrogen) atoms. The predicted octanol–water partition coefficient (Wildman–Crippen LogP) is -4.16. The van der Waals surface area contributed by atoms with Gasteiger partial charge in [0.1, 0.15) is 30.2 Å². The van der Waals surface area contributed by atoms with E-state index in [2.05, 4.69) is 36.6 Å². The molecule has 0 fully saturated rings. The normalized spacial score (nSPS) is 14.3. The summed E-state index contributed by atoms with van der Waals surface area (Å²) in [6, 6.07) is 1.06. The van der Waals surface area contributed by atoms with E-state index in [0.29, 0.717) is 12.0 Å². The highest BCUT2D eigenvalue weighted by molar-refractivity contribution is 5.96. The van der Waals surface area contributed by atoms with Crippen molar-refractivity contribution in [2.75, 3.05) is 19.7 Å². The van der Waals surface area contributed by atoms with Crippen LogP contribution in [0.25, 0.3) is 0 Å². The number of nitrogens with one attached hydrogen (secondary N) is 5. The lowest BCUT2D eigenvalue weighted by Gasteiger charge is -2.28. The molecule has 0 spiro atoms. The van der Waals surface area contributed by atoms with Crippen molar-refractivity contribution < 1.29 is 39.0 Å². The molecule has 0 aliphatic heterocycles. The summed E-state index contributed by atoms with van der Waals surface area (Å²) >= 11 is 0. The topological polar surface area (TPSA) is 358 Å². The maximum atomic E-state index is 13.5. The Morgan fingerprint density at radius 3 is 1.69 bits per heavy atom. The van der Waals surface area contributed by atoms with E-state index in [0.717, 1.165) is 0 Å². The standard InChI is InChI=1S/C32H54N12O8/c1-17(2)24(44-26(47)21(12-8-14-39-32(36)37)41-25(46)20(33)11-7-13-38-31(34)35)29(50)43-23(16-45)28(49)42-22(15-19-9-5-4-6-10-19)27(48)40-18(3)30(51)52/h4-6,9-10,17-18,20-24,45H,7-8,11-16,33H2,1-3H3,(H,40,48)(H,41,46)(H,42,49)(H,43,50)(H,44,47)(H,51,52)(H4,34,35,38)(H4,36,37,39). The second kappa shape index (κ2) is 23.1. The van der Waals surface area contributed by atoms with Gasteiger partial charge in [0.2, 0.25) is 29.5 Å². The van der Waals surface area contributed by atoms with Crippen molar-refractivity contribution in [2.24, 2.45) is 44.6 Å². The van der Waals surface area contributed by atoms with Crippen LogP contribution in [0, 0.1) is 5.92 Å². The van der Waals surface area contributed by atoms with Crippen molar-refractivity contribution in [2.45, 2.75) is 89.1 Å². The van der Waals surface area contributed by atoms with Gasteiger partial charge in [-0.3, -0.25) is 38.8 Å². The summed E-state index contributed by atoms with van der Waals surface area (Å²) in [5.74, 6) is -6.07. The van der Waals surface area contributed by atoms with Crippen LogP contribution in [0.15, 0.2) is 40.3 Å². The van der Waals surface area contributed by atoms with Gasteiger partial charge in [-0.25, -0.2) is 0 Å². The molecule has 1 aromatic carbocycles. The van der Waals surface area contributed by atoms with E-state index in [-0.39, 0.29) is 50.7 Å². The highest BCUT2D eigenvalue weighted by Crippen LogP contribution is 2.08. The minimum absolute atomic E-state index is 0.0300. The van der Waals surface area contributed by atoms with Crippen LogP contribution in [0.1, 0.15) is 52.0 Å². The molecular weight excluding hydrogens is 680 g/mol. The Balaban J connectivity index is 3.11. The molecule has 20 nitrogen and oxygen atoms in total. The molecule has 1 rings (SSSR count). The minimum Gasteiger partial charge on any atom is -0.480 e. The van der Waals surface area contributed by atoms with Gasteiger partial charge in [0.05, 0.1) is 12.6 Å². The van der Waals surface area contributed by atoms with Crippen LogP contribution in [0.2, 0.25) is 0 Å². The van der Waals surface area contributed by atoms with Crippen LogP contribution in [0.5, 0.6) is 0 Å². The number of hydrogen-bond donors (Lipinski definition) is 12. The molecule has 0 aromatic heterocycles. The van der Waals surface area contributed by atoms with Crippen molar-refractivity contribution in [3.8, 4) is 0 Å². The van der Waals surface area contributed by atoms with Crippen LogP contribution in [0.3, 0.4) is 0 Å². The Hall–Kier alpha value is -5.50. The fraction of sp³-hybridized carbons (Fsp3) is 0.562. The monoisotopic (exact) mass is 734 g/mol. The second-order valence-electron chi connectivity index (χ2n) is 12.4. The number of nitrogens with zero attached hydrogens (tertiary/aromatic N) is 2. The van der Waals surface area contributed by atoms with Gasteiger partial charge in [-0.1, -0.05) is 44.2 Å². The molecule has 17 N–H and O–H groups in total. The van der Waals surface area contributed by atoms with Crippen LogP contribution in [0.4, 0.5) is 0 Å². The number of amides is 5. The molecular formula is C32H54N12O8. The fourth-order valence-corrected chi connectivity index (χ4v) is 4.65.